The fraction of sp³-hybridized carbons (Fsp3) is 0.500. The Morgan fingerprint density at radius 2 is 2.20 bits per heavy atom. The molecule has 0 saturated heterocycles. The number of nitrogens with zero attached hydrogens (tertiary/aromatic N) is 3. The zero-order valence-electron chi connectivity index (χ0n) is 13.7. The van der Waals surface area contributed by atoms with Crippen molar-refractivity contribution in [3.8, 4) is 0 Å². The third kappa shape index (κ3) is 4.29. The number of ether oxygens (including phenoxy) is 1. The summed E-state index contributed by atoms with van der Waals surface area (Å²) >= 11 is 0. The van der Waals surface area contributed by atoms with Crippen molar-refractivity contribution < 1.29 is 22.3 Å². The van der Waals surface area contributed by atoms with Gasteiger partial charge in [-0.15, -0.1) is 0 Å². The summed E-state index contributed by atoms with van der Waals surface area (Å²) in [6, 6.07) is 2.34. The predicted octanol–water partition coefficient (Wildman–Crippen LogP) is 2.51. The molecule has 0 saturated carbocycles. The Labute approximate surface area is 142 Å². The molecule has 136 valence electrons. The highest BCUT2D eigenvalue weighted by Crippen LogP contribution is 2.30. The van der Waals surface area contributed by atoms with Crippen LogP contribution in [0.1, 0.15) is 29.8 Å². The van der Waals surface area contributed by atoms with E-state index in [2.05, 4.69) is 9.97 Å². The molecule has 3 rings (SSSR count). The van der Waals surface area contributed by atoms with Crippen molar-refractivity contribution in [3.05, 3.63) is 41.2 Å². The number of hydrogen-bond acceptors (Lipinski definition) is 6. The molecule has 1 atom stereocenters. The summed E-state index contributed by atoms with van der Waals surface area (Å²) in [4.78, 5) is 10.2. The van der Waals surface area contributed by atoms with Crippen molar-refractivity contribution in [3.63, 3.8) is 0 Å². The lowest BCUT2D eigenvalue weighted by atomic mass is 10.1. The van der Waals surface area contributed by atoms with Gasteiger partial charge in [0, 0.05) is 25.2 Å². The molecule has 0 spiro atoms. The minimum absolute atomic E-state index is 0.0641. The van der Waals surface area contributed by atoms with E-state index in [4.69, 9.17) is 14.9 Å². The van der Waals surface area contributed by atoms with Gasteiger partial charge in [-0.3, -0.25) is 0 Å². The highest BCUT2D eigenvalue weighted by Gasteiger charge is 2.31. The Morgan fingerprint density at radius 1 is 1.40 bits per heavy atom. The van der Waals surface area contributed by atoms with E-state index in [1.807, 2.05) is 11.8 Å². The molecular weight excluding hydrogens is 337 g/mol. The zero-order chi connectivity index (χ0) is 18.0. The van der Waals surface area contributed by atoms with E-state index in [1.54, 1.807) is 0 Å². The molecule has 0 aliphatic carbocycles. The van der Waals surface area contributed by atoms with Gasteiger partial charge in [-0.1, -0.05) is 0 Å². The summed E-state index contributed by atoms with van der Waals surface area (Å²) in [7, 11) is 0. The van der Waals surface area contributed by atoms with Crippen molar-refractivity contribution in [2.24, 2.45) is 5.73 Å². The second-order valence-corrected chi connectivity index (χ2v) is 6.04. The number of oxazole rings is 1. The van der Waals surface area contributed by atoms with Crippen molar-refractivity contribution in [1.29, 1.82) is 0 Å². The van der Waals surface area contributed by atoms with Crippen LogP contribution in [0.4, 0.5) is 19.0 Å². The molecule has 1 aliphatic heterocycles. The molecule has 0 aromatic carbocycles. The van der Waals surface area contributed by atoms with E-state index in [0.717, 1.165) is 18.0 Å². The third-order valence-electron chi connectivity index (χ3n) is 3.78. The minimum Gasteiger partial charge on any atom is -0.441 e. The maximum Gasteiger partial charge on any atom is 0.417 e. The highest BCUT2D eigenvalue weighted by molar-refractivity contribution is 5.42. The van der Waals surface area contributed by atoms with Crippen LogP contribution in [0, 0.1) is 0 Å². The molecule has 2 aromatic rings. The molecule has 9 heteroatoms. The summed E-state index contributed by atoms with van der Waals surface area (Å²) in [5.74, 6) is 1.64. The first-order valence-corrected chi connectivity index (χ1v) is 7.92. The lowest BCUT2D eigenvalue weighted by Gasteiger charge is -2.26. The maximum atomic E-state index is 12.6. The number of alkyl halides is 3. The van der Waals surface area contributed by atoms with Gasteiger partial charge in [0.05, 0.1) is 24.4 Å². The first kappa shape index (κ1) is 17.7. The fourth-order valence-corrected chi connectivity index (χ4v) is 2.58. The van der Waals surface area contributed by atoms with Crippen LogP contribution in [0.5, 0.6) is 0 Å². The second-order valence-electron chi connectivity index (χ2n) is 6.04. The zero-order valence-corrected chi connectivity index (χ0v) is 13.7. The molecule has 0 bridgehead atoms. The number of nitrogens with two attached hydrogens (primary N) is 1. The van der Waals surface area contributed by atoms with Crippen molar-refractivity contribution in [2.45, 2.75) is 38.7 Å². The van der Waals surface area contributed by atoms with Crippen LogP contribution in [0.3, 0.4) is 0 Å². The lowest BCUT2D eigenvalue weighted by molar-refractivity contribution is -0.137. The summed E-state index contributed by atoms with van der Waals surface area (Å²) in [6.45, 7) is 3.52. The Kier molecular flexibility index (Phi) is 4.96. The van der Waals surface area contributed by atoms with E-state index in [9.17, 15) is 13.2 Å². The van der Waals surface area contributed by atoms with E-state index in [1.165, 1.54) is 6.07 Å². The Balaban J connectivity index is 1.65. The highest BCUT2D eigenvalue weighted by atomic mass is 19.4. The standard InChI is InChI=1S/C16H19F3N4O2/c1-10(20)8-24-9-15-22-12-4-5-23(7-13(12)25-15)14-3-2-11(6-21-14)16(17,18)19/h2-3,6,10H,4-5,7-9,20H2,1H3/t10-/m0/s1. The summed E-state index contributed by atoms with van der Waals surface area (Å²) in [5, 5.41) is 0. The van der Waals surface area contributed by atoms with Gasteiger partial charge in [-0.2, -0.15) is 13.2 Å². The van der Waals surface area contributed by atoms with Crippen LogP contribution >= 0.6 is 0 Å². The SMILES string of the molecule is C[C@H](N)COCc1nc2c(o1)CN(c1ccc(C(F)(F)F)cn1)CC2. The molecule has 0 unspecified atom stereocenters. The average molecular weight is 356 g/mol. The largest absolute Gasteiger partial charge is 0.441 e. The molecule has 0 amide bonds. The average Bonchev–Trinajstić information content (AvgIpc) is 2.95. The van der Waals surface area contributed by atoms with E-state index < -0.39 is 11.7 Å². The molecule has 1 aliphatic rings. The third-order valence-corrected chi connectivity index (χ3v) is 3.78. The van der Waals surface area contributed by atoms with Crippen molar-refractivity contribution >= 4 is 5.82 Å². The summed E-state index contributed by atoms with van der Waals surface area (Å²) in [6.07, 6.45) is -2.91. The van der Waals surface area contributed by atoms with Crippen LogP contribution in [0.25, 0.3) is 0 Å². The van der Waals surface area contributed by atoms with Crippen molar-refractivity contribution in [1.82, 2.24) is 9.97 Å². The van der Waals surface area contributed by atoms with Crippen LogP contribution in [-0.2, 0) is 30.5 Å². The van der Waals surface area contributed by atoms with E-state index >= 15 is 0 Å². The monoisotopic (exact) mass is 356 g/mol. The number of halogens is 3. The van der Waals surface area contributed by atoms with Gasteiger partial charge in [0.25, 0.3) is 0 Å². The Morgan fingerprint density at radius 3 is 2.84 bits per heavy atom. The number of pyridine rings is 1. The van der Waals surface area contributed by atoms with Crippen LogP contribution in [0.2, 0.25) is 0 Å². The number of rotatable bonds is 5. The maximum absolute atomic E-state index is 12.6. The number of hydrogen-bond donors (Lipinski definition) is 1. The Bertz CT molecular complexity index is 713. The molecular formula is C16H19F3N4O2. The molecule has 3 heterocycles. The summed E-state index contributed by atoms with van der Waals surface area (Å²) in [5.41, 5.74) is 5.70. The minimum atomic E-state index is -4.39. The first-order valence-electron chi connectivity index (χ1n) is 7.92. The fourth-order valence-electron chi connectivity index (χ4n) is 2.58. The lowest BCUT2D eigenvalue weighted by Crippen LogP contribution is -2.30. The number of anilines is 1. The first-order chi connectivity index (χ1) is 11.8. The number of aromatic nitrogens is 2. The van der Waals surface area contributed by atoms with Gasteiger partial charge < -0.3 is 19.8 Å². The smallest absolute Gasteiger partial charge is 0.417 e. The van der Waals surface area contributed by atoms with Gasteiger partial charge in [0.15, 0.2) is 0 Å². The second kappa shape index (κ2) is 7.01. The van der Waals surface area contributed by atoms with E-state index in [-0.39, 0.29) is 12.6 Å². The van der Waals surface area contributed by atoms with Crippen LogP contribution < -0.4 is 10.6 Å². The molecule has 0 fully saturated rings. The summed E-state index contributed by atoms with van der Waals surface area (Å²) < 4.78 is 48.9. The Hall–Kier alpha value is -2.13. The van der Waals surface area contributed by atoms with Crippen LogP contribution in [-0.4, -0.2) is 29.2 Å². The topological polar surface area (TPSA) is 77.4 Å². The van der Waals surface area contributed by atoms with E-state index in [0.29, 0.717) is 43.6 Å². The van der Waals surface area contributed by atoms with Gasteiger partial charge in [0.1, 0.15) is 18.2 Å². The quantitative estimate of drug-likeness (QED) is 0.887. The molecule has 0 radical (unpaired) electrons. The molecule has 25 heavy (non-hydrogen) atoms. The molecule has 2 aromatic heterocycles. The normalized spacial score (nSPS) is 16.0. The van der Waals surface area contributed by atoms with Gasteiger partial charge in [0.2, 0.25) is 5.89 Å². The van der Waals surface area contributed by atoms with Gasteiger partial charge in [-0.25, -0.2) is 9.97 Å². The van der Waals surface area contributed by atoms with Gasteiger partial charge >= 0.3 is 6.18 Å². The molecule has 2 N–H and O–H groups in total. The van der Waals surface area contributed by atoms with Crippen molar-refractivity contribution in [2.75, 3.05) is 18.1 Å². The number of fused-ring (bicyclic) bond motifs is 1. The van der Waals surface area contributed by atoms with Crippen LogP contribution in [0.15, 0.2) is 22.7 Å². The molecule has 6 nitrogen and oxygen atoms in total. The predicted molar refractivity (Wildman–Crippen MR) is 83.8 cm³/mol. The van der Waals surface area contributed by atoms with Gasteiger partial charge in [-0.05, 0) is 19.1 Å².